The summed E-state index contributed by atoms with van der Waals surface area (Å²) < 4.78 is 28.8. The summed E-state index contributed by atoms with van der Waals surface area (Å²) in [6.45, 7) is 14.4. The molecule has 0 aromatic rings. The Morgan fingerprint density at radius 2 is 1.65 bits per heavy atom. The molecular weight excluding hydrogens is 835 g/mol. The molecule has 4 aliphatic rings. The normalized spacial score (nSPS) is 33.2. The summed E-state index contributed by atoms with van der Waals surface area (Å²) in [6.07, 6.45) is 12.9. The summed E-state index contributed by atoms with van der Waals surface area (Å²) in [5.74, 6) is -6.56. The Kier molecular flexibility index (Phi) is 20.5. The van der Waals surface area contributed by atoms with Crippen LogP contribution in [0.5, 0.6) is 0 Å². The SMILES string of the molecule is CO[C@@H](C[C@@H]1CC[C@@H](C)[C@](O)(C(=O)C(=O)N2CCCC3[C@H]2C(=O)O[C@@H](C)[C@H]3C[C@@H]2CC[C@@H](O)[C@H](OC)C2)O1)/C(C)=C/C=C/C=C/[C@@H](C)C[C@@H](C)C(=O)[C@H](OC)[C@H](O)/C(C)=C/[C@@H](C)C(C)=O. The van der Waals surface area contributed by atoms with Gasteiger partial charge in [-0.25, -0.2) is 4.79 Å². The second-order valence-corrected chi connectivity index (χ2v) is 19.6. The smallest absolute Gasteiger partial charge is 0.329 e. The van der Waals surface area contributed by atoms with E-state index in [4.69, 9.17) is 23.7 Å². The minimum Gasteiger partial charge on any atom is -0.461 e. The number of hydrogen-bond donors (Lipinski definition) is 3. The first-order chi connectivity index (χ1) is 30.7. The standard InChI is InChI=1S/C51H79NO13/c1-29(24-32(4)45(55)47(63-11)46(56)33(5)25-31(3)35(7)53)16-13-12-14-17-30(2)42(61-9)28-38-21-19-34(6)51(60,65-38)48(57)49(58)52-23-15-18-39-40(36(8)64-50(59)44(39)52)26-37-20-22-41(54)43(27-37)62-10/h12-14,16-17,25,29,31-32,34,36-44,46-47,54,56,60H,15,18-24,26-28H2,1-11H3/b14-12+,16-13+,30-17+,33-25+/t29-,31-,32-,34-,36+,37+,38+,39?,40-,41-,42+,43-,44+,46-,47+,51-/m1/s1. The number of amides is 1. The van der Waals surface area contributed by atoms with Gasteiger partial charge in [0.2, 0.25) is 5.79 Å². The third kappa shape index (κ3) is 13.6. The number of ether oxygens (including phenoxy) is 5. The third-order valence-corrected chi connectivity index (χ3v) is 14.8. The highest BCUT2D eigenvalue weighted by Crippen LogP contribution is 2.44. The fourth-order valence-corrected chi connectivity index (χ4v) is 10.5. The zero-order chi connectivity index (χ0) is 48.3. The zero-order valence-corrected chi connectivity index (χ0v) is 40.8. The van der Waals surface area contributed by atoms with Gasteiger partial charge in [-0.05, 0) is 114 Å². The van der Waals surface area contributed by atoms with Crippen LogP contribution in [0.25, 0.3) is 0 Å². The van der Waals surface area contributed by atoms with Gasteiger partial charge in [0.1, 0.15) is 30.1 Å². The van der Waals surface area contributed by atoms with Crippen LogP contribution in [-0.4, -0.2) is 132 Å². The number of methoxy groups -OCH3 is 3. The lowest BCUT2D eigenvalue weighted by molar-refractivity contribution is -0.266. The van der Waals surface area contributed by atoms with Crippen LogP contribution in [0.3, 0.4) is 0 Å². The minimum absolute atomic E-state index is 0.0329. The fourth-order valence-electron chi connectivity index (χ4n) is 10.5. The quantitative estimate of drug-likeness (QED) is 0.0523. The number of cyclic esters (lactones) is 1. The number of fused-ring (bicyclic) bond motifs is 1. The Morgan fingerprint density at radius 1 is 0.938 bits per heavy atom. The fraction of sp³-hybridized carbons (Fsp3) is 0.745. The highest BCUT2D eigenvalue weighted by molar-refractivity contribution is 6.39. The maximum atomic E-state index is 14.2. The molecule has 14 nitrogen and oxygen atoms in total. The van der Waals surface area contributed by atoms with Crippen molar-refractivity contribution in [1.29, 1.82) is 0 Å². The van der Waals surface area contributed by atoms with Crippen LogP contribution in [0.2, 0.25) is 0 Å². The molecule has 1 saturated carbocycles. The van der Waals surface area contributed by atoms with Gasteiger partial charge in [0.15, 0.2) is 5.78 Å². The van der Waals surface area contributed by atoms with Crippen molar-refractivity contribution in [3.63, 3.8) is 0 Å². The van der Waals surface area contributed by atoms with E-state index < -0.39 is 65.9 Å². The highest BCUT2D eigenvalue weighted by atomic mass is 16.6. The van der Waals surface area contributed by atoms with E-state index in [9.17, 15) is 39.3 Å². The topological polar surface area (TPSA) is 195 Å². The maximum Gasteiger partial charge on any atom is 0.329 e. The molecule has 3 aliphatic heterocycles. The number of aliphatic hydroxyl groups is 3. The number of esters is 1. The first-order valence-corrected chi connectivity index (χ1v) is 23.8. The molecule has 3 saturated heterocycles. The molecule has 0 spiro atoms. The molecule has 4 rings (SSSR count). The van der Waals surface area contributed by atoms with Crippen LogP contribution in [0.4, 0.5) is 0 Å². The molecule has 1 amide bonds. The van der Waals surface area contributed by atoms with Gasteiger partial charge in [0.25, 0.3) is 11.7 Å². The van der Waals surface area contributed by atoms with Crippen LogP contribution in [0, 0.1) is 41.4 Å². The first kappa shape index (κ1) is 54.2. The lowest BCUT2D eigenvalue weighted by atomic mass is 9.69. The van der Waals surface area contributed by atoms with Crippen molar-refractivity contribution in [3.05, 3.63) is 47.6 Å². The molecule has 1 aliphatic carbocycles. The summed E-state index contributed by atoms with van der Waals surface area (Å²) in [5.41, 5.74) is 1.40. The molecule has 0 bridgehead atoms. The summed E-state index contributed by atoms with van der Waals surface area (Å²) in [7, 11) is 4.58. The number of piperidine rings is 1. The molecular formula is C51H79NO13. The van der Waals surface area contributed by atoms with Gasteiger partial charge in [-0.2, -0.15) is 0 Å². The van der Waals surface area contributed by atoms with Crippen molar-refractivity contribution in [2.75, 3.05) is 27.9 Å². The van der Waals surface area contributed by atoms with E-state index in [1.807, 2.05) is 58.1 Å². The van der Waals surface area contributed by atoms with Crippen molar-refractivity contribution in [1.82, 2.24) is 4.90 Å². The van der Waals surface area contributed by atoms with E-state index in [0.29, 0.717) is 56.9 Å². The summed E-state index contributed by atoms with van der Waals surface area (Å²) in [5, 5.41) is 33.1. The lowest BCUT2D eigenvalue weighted by Crippen LogP contribution is -2.64. The largest absolute Gasteiger partial charge is 0.461 e. The van der Waals surface area contributed by atoms with Gasteiger partial charge in [0.05, 0.1) is 24.4 Å². The van der Waals surface area contributed by atoms with E-state index >= 15 is 0 Å². The molecule has 65 heavy (non-hydrogen) atoms. The van der Waals surface area contributed by atoms with Crippen molar-refractivity contribution in [2.24, 2.45) is 41.4 Å². The molecule has 1 unspecified atom stereocenters. The van der Waals surface area contributed by atoms with Crippen LogP contribution >= 0.6 is 0 Å². The Bertz CT molecular complexity index is 1770. The van der Waals surface area contributed by atoms with E-state index in [1.165, 1.54) is 18.9 Å². The first-order valence-electron chi connectivity index (χ1n) is 23.8. The number of carbonyl (C=O) groups is 5. The summed E-state index contributed by atoms with van der Waals surface area (Å²) in [6, 6.07) is -0.938. The van der Waals surface area contributed by atoms with Gasteiger partial charge in [-0.15, -0.1) is 0 Å². The number of allylic oxidation sites excluding steroid dienone is 6. The van der Waals surface area contributed by atoms with Crippen molar-refractivity contribution < 1.29 is 63.0 Å². The molecule has 0 radical (unpaired) electrons. The van der Waals surface area contributed by atoms with Crippen LogP contribution in [-0.2, 0) is 47.7 Å². The van der Waals surface area contributed by atoms with Crippen LogP contribution in [0.15, 0.2) is 47.6 Å². The predicted octanol–water partition coefficient (Wildman–Crippen LogP) is 6.04. The second-order valence-electron chi connectivity index (χ2n) is 19.6. The molecule has 0 aromatic carbocycles. The number of ketones is 3. The number of Topliss-reactive ketones (excluding diaryl/α,β-unsaturated/α-hetero) is 3. The molecule has 14 heteroatoms. The van der Waals surface area contributed by atoms with Gasteiger partial charge in [0, 0.05) is 58.0 Å². The average molecular weight is 914 g/mol. The van der Waals surface area contributed by atoms with Gasteiger partial charge < -0.3 is 43.9 Å². The van der Waals surface area contributed by atoms with Crippen molar-refractivity contribution in [2.45, 2.75) is 174 Å². The number of likely N-dealkylation sites (tertiary alicyclic amines) is 1. The zero-order valence-electron chi connectivity index (χ0n) is 40.8. The van der Waals surface area contributed by atoms with Gasteiger partial charge >= 0.3 is 5.97 Å². The Labute approximate surface area is 387 Å². The predicted molar refractivity (Wildman–Crippen MR) is 245 cm³/mol. The number of nitrogens with zero attached hydrogens (tertiary/aromatic N) is 1. The number of hydrogen-bond acceptors (Lipinski definition) is 13. The number of rotatable bonds is 21. The van der Waals surface area contributed by atoms with Crippen molar-refractivity contribution in [3.8, 4) is 0 Å². The van der Waals surface area contributed by atoms with Crippen LogP contribution < -0.4 is 0 Å². The van der Waals surface area contributed by atoms with E-state index in [0.717, 1.165) is 18.4 Å². The van der Waals surface area contributed by atoms with Crippen molar-refractivity contribution >= 4 is 29.2 Å². The van der Waals surface area contributed by atoms with E-state index in [-0.39, 0.29) is 65.8 Å². The Morgan fingerprint density at radius 3 is 2.29 bits per heavy atom. The van der Waals surface area contributed by atoms with Crippen LogP contribution in [0.1, 0.15) is 120 Å². The van der Waals surface area contributed by atoms with E-state index in [1.54, 1.807) is 41.1 Å². The Hall–Kier alpha value is -3.37. The molecule has 3 heterocycles. The second kappa shape index (κ2) is 24.6. The molecule has 366 valence electrons. The highest BCUT2D eigenvalue weighted by Gasteiger charge is 2.56. The minimum atomic E-state index is -2.38. The molecule has 16 atom stereocenters. The Balaban J connectivity index is 1.34. The summed E-state index contributed by atoms with van der Waals surface area (Å²) >= 11 is 0. The monoisotopic (exact) mass is 914 g/mol. The molecule has 0 aromatic heterocycles. The third-order valence-electron chi connectivity index (χ3n) is 14.8. The van der Waals surface area contributed by atoms with Gasteiger partial charge in [-0.3, -0.25) is 19.2 Å². The lowest BCUT2D eigenvalue weighted by Gasteiger charge is -2.49. The maximum absolute atomic E-state index is 14.2. The van der Waals surface area contributed by atoms with Gasteiger partial charge in [-0.1, -0.05) is 64.2 Å². The van der Waals surface area contributed by atoms with E-state index in [2.05, 4.69) is 0 Å². The average Bonchev–Trinajstić information content (AvgIpc) is 3.27. The number of aliphatic hydroxyl groups excluding tert-OH is 2. The number of carbonyl (C=O) groups excluding carboxylic acids is 5. The molecule has 3 N–H and O–H groups in total. The summed E-state index contributed by atoms with van der Waals surface area (Å²) in [4.78, 5) is 68.1. The molecule has 4 fully saturated rings.